The number of benzene rings is 2. The van der Waals surface area contributed by atoms with Gasteiger partial charge in [-0.15, -0.1) is 0 Å². The predicted molar refractivity (Wildman–Crippen MR) is 87.2 cm³/mol. The Morgan fingerprint density at radius 2 is 1.83 bits per heavy atom. The number of nitrogen functional groups attached to an aromatic ring is 1. The van der Waals surface area contributed by atoms with Crippen LogP contribution in [0.3, 0.4) is 0 Å². The van der Waals surface area contributed by atoms with E-state index in [-0.39, 0.29) is 24.0 Å². The minimum atomic E-state index is -0.383. The van der Waals surface area contributed by atoms with E-state index < -0.39 is 0 Å². The highest BCUT2D eigenvalue weighted by molar-refractivity contribution is 6.14. The van der Waals surface area contributed by atoms with Gasteiger partial charge in [0.2, 0.25) is 0 Å². The molecular weight excluding hydrogens is 297 g/mol. The highest BCUT2D eigenvalue weighted by Crippen LogP contribution is 2.19. The second kappa shape index (κ2) is 7.51. The van der Waals surface area contributed by atoms with Crippen molar-refractivity contribution >= 4 is 17.3 Å². The van der Waals surface area contributed by atoms with Crippen LogP contribution in [0.5, 0.6) is 0 Å². The summed E-state index contributed by atoms with van der Waals surface area (Å²) in [5.74, 6) is -0.682. The lowest BCUT2D eigenvalue weighted by molar-refractivity contribution is 0.0951. The fourth-order valence-electron chi connectivity index (χ4n) is 2.07. The summed E-state index contributed by atoms with van der Waals surface area (Å²) in [5.41, 5.74) is 7.68. The van der Waals surface area contributed by atoms with Crippen molar-refractivity contribution in [2.45, 2.75) is 6.42 Å². The third-order valence-electron chi connectivity index (χ3n) is 3.34. The van der Waals surface area contributed by atoms with Gasteiger partial charge in [0, 0.05) is 35.5 Å². The minimum Gasteiger partial charge on any atom is -0.398 e. The van der Waals surface area contributed by atoms with Crippen molar-refractivity contribution in [2.24, 2.45) is 0 Å². The Bertz CT molecular complexity index is 714. The lowest BCUT2D eigenvalue weighted by Gasteiger charge is -2.11. The number of hydrogen-bond acceptors (Lipinski definition) is 4. The van der Waals surface area contributed by atoms with Crippen LogP contribution in [0.1, 0.15) is 27.9 Å². The van der Waals surface area contributed by atoms with E-state index in [1.165, 1.54) is 30.3 Å². The van der Waals surface area contributed by atoms with Crippen LogP contribution in [0.2, 0.25) is 0 Å². The van der Waals surface area contributed by atoms with Crippen LogP contribution in [0, 0.1) is 11.2 Å². The zero-order chi connectivity index (χ0) is 16.8. The Kier molecular flexibility index (Phi) is 5.43. The summed E-state index contributed by atoms with van der Waals surface area (Å²) in [6.07, 6.45) is 0.471. The van der Waals surface area contributed by atoms with Crippen molar-refractivity contribution in [1.29, 1.82) is 5.41 Å². The highest BCUT2D eigenvalue weighted by atomic mass is 19.1. The fraction of sp³-hybridized carbons (Fsp3) is 0.176. The lowest BCUT2D eigenvalue weighted by Crippen LogP contribution is -2.25. The van der Waals surface area contributed by atoms with Gasteiger partial charge in [0.1, 0.15) is 5.82 Å². The molecule has 2 rings (SSSR count). The van der Waals surface area contributed by atoms with Crippen LogP contribution in [0.25, 0.3) is 0 Å². The molecule has 23 heavy (non-hydrogen) atoms. The van der Waals surface area contributed by atoms with Gasteiger partial charge in [-0.05, 0) is 48.9 Å². The van der Waals surface area contributed by atoms with Crippen LogP contribution in [-0.4, -0.2) is 29.9 Å². The van der Waals surface area contributed by atoms with E-state index in [0.717, 1.165) is 0 Å². The van der Waals surface area contributed by atoms with Crippen molar-refractivity contribution in [3.63, 3.8) is 0 Å². The molecule has 0 spiro atoms. The van der Waals surface area contributed by atoms with Crippen LogP contribution in [-0.2, 0) is 0 Å². The second-order valence-corrected chi connectivity index (χ2v) is 5.02. The van der Waals surface area contributed by atoms with Crippen molar-refractivity contribution in [1.82, 2.24) is 5.32 Å². The third kappa shape index (κ3) is 4.14. The first-order valence-electron chi connectivity index (χ1n) is 7.16. The summed E-state index contributed by atoms with van der Waals surface area (Å²) in [6, 6.07) is 10.2. The van der Waals surface area contributed by atoms with Gasteiger partial charge < -0.3 is 16.2 Å². The molecule has 0 radical (unpaired) electrons. The van der Waals surface area contributed by atoms with Gasteiger partial charge in [0.25, 0.3) is 5.91 Å². The number of nitrogens with one attached hydrogen (secondary N) is 2. The molecule has 0 heterocycles. The van der Waals surface area contributed by atoms with E-state index in [2.05, 4.69) is 5.32 Å². The smallest absolute Gasteiger partial charge is 0.251 e. The Morgan fingerprint density at radius 3 is 2.48 bits per heavy atom. The average Bonchev–Trinajstić information content (AvgIpc) is 2.55. The number of nitrogens with two attached hydrogens (primary N) is 1. The summed E-state index contributed by atoms with van der Waals surface area (Å²) in [6.45, 7) is 0.368. The minimum absolute atomic E-state index is 0.00246. The molecule has 0 atom stereocenters. The maximum absolute atomic E-state index is 13.0. The molecule has 1 amide bonds. The van der Waals surface area contributed by atoms with Gasteiger partial charge in [-0.2, -0.15) is 0 Å². The zero-order valence-corrected chi connectivity index (χ0v) is 12.5. The van der Waals surface area contributed by atoms with Gasteiger partial charge in [-0.3, -0.25) is 10.2 Å². The van der Waals surface area contributed by atoms with Crippen LogP contribution in [0.15, 0.2) is 42.5 Å². The van der Waals surface area contributed by atoms with E-state index in [1.807, 2.05) is 0 Å². The van der Waals surface area contributed by atoms with E-state index >= 15 is 0 Å². The standard InChI is InChI=1S/C17H18FN3O2/c18-13-5-2-11(3-6-13)16(20)14-10-12(4-7-15(14)19)17(23)21-8-1-9-22/h2-7,10,20,22H,1,8-9,19H2,(H,21,23). The molecule has 0 bridgehead atoms. The molecule has 5 N–H and O–H groups in total. The Morgan fingerprint density at radius 1 is 1.17 bits per heavy atom. The van der Waals surface area contributed by atoms with Gasteiger partial charge in [0.05, 0.1) is 5.71 Å². The third-order valence-corrected chi connectivity index (χ3v) is 3.34. The van der Waals surface area contributed by atoms with Crippen molar-refractivity contribution in [3.8, 4) is 0 Å². The summed E-state index contributed by atoms with van der Waals surface area (Å²) in [4.78, 5) is 12.0. The first-order chi connectivity index (χ1) is 11.0. The van der Waals surface area contributed by atoms with E-state index in [9.17, 15) is 9.18 Å². The van der Waals surface area contributed by atoms with Crippen LogP contribution in [0.4, 0.5) is 10.1 Å². The molecule has 0 unspecified atom stereocenters. The highest BCUT2D eigenvalue weighted by Gasteiger charge is 2.13. The molecule has 0 saturated heterocycles. The molecule has 0 aromatic heterocycles. The number of carbonyl (C=O) groups is 1. The summed E-state index contributed by atoms with van der Waals surface area (Å²) in [5, 5.41) is 19.6. The first-order valence-corrected chi connectivity index (χ1v) is 7.16. The van der Waals surface area contributed by atoms with Gasteiger partial charge in [-0.25, -0.2) is 4.39 Å². The fourth-order valence-corrected chi connectivity index (χ4v) is 2.07. The van der Waals surface area contributed by atoms with E-state index in [0.29, 0.717) is 35.3 Å². The zero-order valence-electron chi connectivity index (χ0n) is 12.5. The molecular formula is C17H18FN3O2. The number of anilines is 1. The molecule has 0 fully saturated rings. The van der Waals surface area contributed by atoms with Gasteiger partial charge in [-0.1, -0.05) is 0 Å². The summed E-state index contributed by atoms with van der Waals surface area (Å²) in [7, 11) is 0. The summed E-state index contributed by atoms with van der Waals surface area (Å²) < 4.78 is 13.0. The monoisotopic (exact) mass is 315 g/mol. The summed E-state index contributed by atoms with van der Waals surface area (Å²) >= 11 is 0. The van der Waals surface area contributed by atoms with Crippen molar-refractivity contribution in [2.75, 3.05) is 18.9 Å². The molecule has 0 aliphatic heterocycles. The molecule has 0 aliphatic rings. The maximum Gasteiger partial charge on any atom is 0.251 e. The van der Waals surface area contributed by atoms with Gasteiger partial charge >= 0.3 is 0 Å². The quantitative estimate of drug-likeness (QED) is 0.372. The van der Waals surface area contributed by atoms with E-state index in [1.54, 1.807) is 12.1 Å². The number of rotatable bonds is 6. The average molecular weight is 315 g/mol. The first kappa shape index (κ1) is 16.6. The second-order valence-electron chi connectivity index (χ2n) is 5.02. The van der Waals surface area contributed by atoms with Crippen molar-refractivity contribution < 1.29 is 14.3 Å². The number of hydrogen-bond donors (Lipinski definition) is 4. The molecule has 120 valence electrons. The number of aliphatic hydroxyl groups is 1. The predicted octanol–water partition coefficient (Wildman–Crippen LogP) is 1.94. The number of halogens is 1. The van der Waals surface area contributed by atoms with Crippen molar-refractivity contribution in [3.05, 3.63) is 65.0 Å². The number of aliphatic hydroxyl groups excluding tert-OH is 1. The Balaban J connectivity index is 2.24. The molecule has 5 nitrogen and oxygen atoms in total. The largest absolute Gasteiger partial charge is 0.398 e. The molecule has 0 saturated carbocycles. The number of amides is 1. The number of carbonyl (C=O) groups excluding carboxylic acids is 1. The molecule has 6 heteroatoms. The Labute approximate surface area is 133 Å². The lowest BCUT2D eigenvalue weighted by atomic mass is 9.98. The molecule has 2 aromatic carbocycles. The van der Waals surface area contributed by atoms with E-state index in [4.69, 9.17) is 16.2 Å². The maximum atomic E-state index is 13.0. The SMILES string of the molecule is N=C(c1ccc(F)cc1)c1cc(C(=O)NCCCO)ccc1N. The van der Waals surface area contributed by atoms with Crippen LogP contribution < -0.4 is 11.1 Å². The van der Waals surface area contributed by atoms with Crippen LogP contribution >= 0.6 is 0 Å². The normalized spacial score (nSPS) is 10.3. The molecule has 2 aromatic rings. The van der Waals surface area contributed by atoms with Gasteiger partial charge in [0.15, 0.2) is 0 Å². The topological polar surface area (TPSA) is 99.2 Å². The Hall–Kier alpha value is -2.73. The molecule has 0 aliphatic carbocycles.